The van der Waals surface area contributed by atoms with Gasteiger partial charge in [0.05, 0.1) is 29.0 Å². The molecule has 4 heterocycles. The van der Waals surface area contributed by atoms with E-state index < -0.39 is 18.2 Å². The van der Waals surface area contributed by atoms with Crippen LogP contribution >= 0.6 is 22.9 Å². The van der Waals surface area contributed by atoms with E-state index in [1.165, 1.54) is 11.3 Å². The van der Waals surface area contributed by atoms with Gasteiger partial charge in [-0.25, -0.2) is 9.97 Å². The van der Waals surface area contributed by atoms with Crippen LogP contribution in [-0.4, -0.2) is 74.6 Å². The molecule has 5 rings (SSSR count). The van der Waals surface area contributed by atoms with Gasteiger partial charge in [0.15, 0.2) is 0 Å². The van der Waals surface area contributed by atoms with E-state index in [-0.39, 0.29) is 35.8 Å². The third-order valence-electron chi connectivity index (χ3n) is 6.88. The molecule has 176 valence electrons. The van der Waals surface area contributed by atoms with Gasteiger partial charge in [-0.1, -0.05) is 12.8 Å². The summed E-state index contributed by atoms with van der Waals surface area (Å²) in [5.74, 6) is 0.304. The highest BCUT2D eigenvalue weighted by atomic mass is 35.5. The predicted molar refractivity (Wildman–Crippen MR) is 124 cm³/mol. The second-order valence-corrected chi connectivity index (χ2v) is 10.7. The Morgan fingerprint density at radius 3 is 2.73 bits per heavy atom. The van der Waals surface area contributed by atoms with Crippen molar-refractivity contribution in [3.05, 3.63) is 35.2 Å². The summed E-state index contributed by atoms with van der Waals surface area (Å²) in [6.45, 7) is 2.30. The molecule has 2 aromatic rings. The number of amides is 2. The highest BCUT2D eigenvalue weighted by Crippen LogP contribution is 2.36. The van der Waals surface area contributed by atoms with E-state index in [1.54, 1.807) is 23.4 Å². The number of halogens is 1. The van der Waals surface area contributed by atoms with Crippen molar-refractivity contribution in [3.8, 4) is 10.4 Å². The number of hydrogen-bond acceptors (Lipinski definition) is 7. The Morgan fingerprint density at radius 2 is 2.00 bits per heavy atom. The first kappa shape index (κ1) is 22.7. The van der Waals surface area contributed by atoms with Crippen LogP contribution in [0.4, 0.5) is 0 Å². The molecule has 0 bridgehead atoms. The van der Waals surface area contributed by atoms with Crippen LogP contribution in [0, 0.1) is 12.8 Å². The van der Waals surface area contributed by atoms with E-state index in [0.29, 0.717) is 17.2 Å². The maximum atomic E-state index is 13.7. The van der Waals surface area contributed by atoms with Crippen molar-refractivity contribution < 1.29 is 19.4 Å². The number of rotatable bonds is 5. The molecule has 0 unspecified atom stereocenters. The molecule has 1 saturated carbocycles. The SMILES string of the molecule is Cc1ncc(-c2ccc(C(=O)N[C@H](C(=O)N3C[C@H](Cl)[C@H]4OC[C@H](O)[C@H]43)C3CCCC3)s2)cn1. The first-order chi connectivity index (χ1) is 15.9. The molecule has 33 heavy (non-hydrogen) atoms. The van der Waals surface area contributed by atoms with Crippen molar-refractivity contribution in [2.45, 2.75) is 62.3 Å². The standard InChI is InChI=1S/C23H27ClN4O4S/c1-12-25-8-14(9-26-12)17-6-7-18(33-17)22(30)27-19(13-4-2-3-5-13)23(31)28-10-15(24)21-20(28)16(29)11-32-21/h6-9,13,15-16,19-21,29H,2-5,10-11H2,1H3,(H,27,30)/t15-,16-,19-,20+,21+/m0/s1. The van der Waals surface area contributed by atoms with Crippen LogP contribution in [-0.2, 0) is 9.53 Å². The Bertz CT molecular complexity index is 1030. The number of aromatic nitrogens is 2. The number of aryl methyl sites for hydroxylation is 1. The Hall–Kier alpha value is -2.07. The molecule has 2 aliphatic heterocycles. The van der Waals surface area contributed by atoms with Crippen LogP contribution < -0.4 is 5.32 Å². The minimum Gasteiger partial charge on any atom is -0.388 e. The van der Waals surface area contributed by atoms with E-state index in [9.17, 15) is 14.7 Å². The lowest BCUT2D eigenvalue weighted by Gasteiger charge is -2.32. The number of nitrogens with zero attached hydrogens (tertiary/aromatic N) is 3. The van der Waals surface area contributed by atoms with Crippen LogP contribution in [0.25, 0.3) is 10.4 Å². The molecule has 0 radical (unpaired) electrons. The Balaban J connectivity index is 1.35. The normalized spacial score (nSPS) is 28.2. The van der Waals surface area contributed by atoms with Crippen molar-refractivity contribution in [2.75, 3.05) is 13.2 Å². The zero-order valence-electron chi connectivity index (χ0n) is 18.3. The summed E-state index contributed by atoms with van der Waals surface area (Å²) in [5.41, 5.74) is 0.847. The molecule has 10 heteroatoms. The van der Waals surface area contributed by atoms with Gasteiger partial charge < -0.3 is 20.1 Å². The summed E-state index contributed by atoms with van der Waals surface area (Å²) in [4.78, 5) is 38.3. The van der Waals surface area contributed by atoms with E-state index in [0.717, 1.165) is 36.1 Å². The molecule has 5 atom stereocenters. The number of carbonyl (C=O) groups is 2. The third kappa shape index (κ3) is 4.39. The molecule has 1 aliphatic carbocycles. The highest BCUT2D eigenvalue weighted by molar-refractivity contribution is 7.17. The number of likely N-dealkylation sites (tertiary alicyclic amines) is 1. The lowest BCUT2D eigenvalue weighted by atomic mass is 9.96. The number of aliphatic hydroxyl groups excluding tert-OH is 1. The molecule has 2 N–H and O–H groups in total. The fraction of sp³-hybridized carbons (Fsp3) is 0.565. The molecule has 2 amide bonds. The van der Waals surface area contributed by atoms with E-state index >= 15 is 0 Å². The van der Waals surface area contributed by atoms with Gasteiger partial charge in [0.25, 0.3) is 5.91 Å². The van der Waals surface area contributed by atoms with Crippen molar-refractivity contribution in [3.63, 3.8) is 0 Å². The second kappa shape index (κ2) is 9.29. The van der Waals surface area contributed by atoms with Crippen molar-refractivity contribution in [2.24, 2.45) is 5.92 Å². The fourth-order valence-electron chi connectivity index (χ4n) is 5.18. The average Bonchev–Trinajstić information content (AvgIpc) is 3.59. The monoisotopic (exact) mass is 490 g/mol. The van der Waals surface area contributed by atoms with Gasteiger partial charge in [-0.05, 0) is 37.8 Å². The lowest BCUT2D eigenvalue weighted by molar-refractivity contribution is -0.137. The minimum absolute atomic E-state index is 0.0682. The number of ether oxygens (including phenoxy) is 1. The van der Waals surface area contributed by atoms with Gasteiger partial charge in [0, 0.05) is 29.4 Å². The van der Waals surface area contributed by atoms with Crippen molar-refractivity contribution in [1.82, 2.24) is 20.2 Å². The Kier molecular flexibility index (Phi) is 6.39. The summed E-state index contributed by atoms with van der Waals surface area (Å²) >= 11 is 7.77. The second-order valence-electron chi connectivity index (χ2n) is 9.04. The molecule has 0 aromatic carbocycles. The summed E-state index contributed by atoms with van der Waals surface area (Å²) in [7, 11) is 0. The summed E-state index contributed by atoms with van der Waals surface area (Å²) in [6, 6.07) is 2.52. The van der Waals surface area contributed by atoms with Crippen LogP contribution in [0.5, 0.6) is 0 Å². The third-order valence-corrected chi connectivity index (χ3v) is 8.40. The van der Waals surface area contributed by atoms with Gasteiger partial charge in [-0.3, -0.25) is 9.59 Å². The maximum absolute atomic E-state index is 13.7. The number of thiophene rings is 1. The van der Waals surface area contributed by atoms with Gasteiger partial charge >= 0.3 is 0 Å². The predicted octanol–water partition coefficient (Wildman–Crippen LogP) is 2.38. The molecule has 0 spiro atoms. The van der Waals surface area contributed by atoms with Crippen molar-refractivity contribution >= 4 is 34.8 Å². The van der Waals surface area contributed by atoms with E-state index in [2.05, 4.69) is 15.3 Å². The zero-order chi connectivity index (χ0) is 23.1. The fourth-order valence-corrected chi connectivity index (χ4v) is 6.43. The molecule has 3 aliphatic rings. The minimum atomic E-state index is -0.765. The van der Waals surface area contributed by atoms with Crippen LogP contribution in [0.15, 0.2) is 24.5 Å². The van der Waals surface area contributed by atoms with Gasteiger partial charge in [0.2, 0.25) is 5.91 Å². The average molecular weight is 491 g/mol. The maximum Gasteiger partial charge on any atom is 0.262 e. The first-order valence-corrected chi connectivity index (χ1v) is 12.6. The van der Waals surface area contributed by atoms with Gasteiger partial charge in [0.1, 0.15) is 18.0 Å². The molecular formula is C23H27ClN4O4S. The molecule has 3 fully saturated rings. The lowest BCUT2D eigenvalue weighted by Crippen LogP contribution is -2.55. The van der Waals surface area contributed by atoms with Crippen molar-refractivity contribution in [1.29, 1.82) is 0 Å². The molecule has 8 nitrogen and oxygen atoms in total. The number of hydrogen-bond donors (Lipinski definition) is 2. The van der Waals surface area contributed by atoms with Crippen LogP contribution in [0.1, 0.15) is 41.2 Å². The first-order valence-electron chi connectivity index (χ1n) is 11.4. The molecule has 2 aromatic heterocycles. The van der Waals surface area contributed by atoms with Crippen LogP contribution in [0.2, 0.25) is 0 Å². The van der Waals surface area contributed by atoms with Crippen LogP contribution in [0.3, 0.4) is 0 Å². The van der Waals surface area contributed by atoms with Gasteiger partial charge in [-0.2, -0.15) is 0 Å². The number of carbonyl (C=O) groups excluding carboxylic acids is 2. The Labute approximate surface area is 201 Å². The molecule has 2 saturated heterocycles. The number of fused-ring (bicyclic) bond motifs is 1. The number of nitrogens with one attached hydrogen (secondary N) is 1. The van der Waals surface area contributed by atoms with Gasteiger partial charge in [-0.15, -0.1) is 22.9 Å². The number of alkyl halides is 1. The summed E-state index contributed by atoms with van der Waals surface area (Å²) in [5, 5.41) is 13.0. The summed E-state index contributed by atoms with van der Waals surface area (Å²) < 4.78 is 5.62. The topological polar surface area (TPSA) is 105 Å². The highest BCUT2D eigenvalue weighted by Gasteiger charge is 2.53. The summed E-state index contributed by atoms with van der Waals surface area (Å²) in [6.07, 6.45) is 6.19. The largest absolute Gasteiger partial charge is 0.388 e. The quantitative estimate of drug-likeness (QED) is 0.623. The van der Waals surface area contributed by atoms with E-state index in [4.69, 9.17) is 16.3 Å². The van der Waals surface area contributed by atoms with E-state index in [1.807, 2.05) is 13.0 Å². The smallest absolute Gasteiger partial charge is 0.262 e. The Morgan fingerprint density at radius 1 is 1.27 bits per heavy atom. The zero-order valence-corrected chi connectivity index (χ0v) is 19.9. The number of aliphatic hydroxyl groups is 1. The molecular weight excluding hydrogens is 464 g/mol.